The second kappa shape index (κ2) is 5.39. The zero-order valence-corrected chi connectivity index (χ0v) is 11.7. The zero-order valence-electron chi connectivity index (χ0n) is 9.34. The Kier molecular flexibility index (Phi) is 4.66. The highest BCUT2D eigenvalue weighted by molar-refractivity contribution is 9.10. The number of thiophene rings is 1. The fourth-order valence-corrected chi connectivity index (χ4v) is 2.30. The van der Waals surface area contributed by atoms with E-state index in [4.69, 9.17) is 0 Å². The fraction of sp³-hybridized carbons (Fsp3) is 0.400. The lowest BCUT2D eigenvalue weighted by Gasteiger charge is -2.31. The third-order valence-electron chi connectivity index (χ3n) is 2.11. The largest absolute Gasteiger partial charge is 0.460 e. The number of alkyl halides is 9. The lowest BCUT2D eigenvalue weighted by Crippen LogP contribution is -2.60. The van der Waals surface area contributed by atoms with Crippen molar-refractivity contribution < 1.29 is 39.5 Å². The van der Waals surface area contributed by atoms with Gasteiger partial charge in [0, 0.05) is 20.8 Å². The molecular weight excluding hydrogens is 403 g/mol. The van der Waals surface area contributed by atoms with Crippen LogP contribution in [0.25, 0.3) is 0 Å². The molecule has 21 heavy (non-hydrogen) atoms. The number of hydrogen-bond acceptors (Lipinski definition) is 1. The standard InChI is InChI=1S/C10H2BrF9S/c11-6-4-21-3-5(6)1-2-7(12,13)8(14,15)9(16,17)10(18,19)20/h3-4H. The minimum Gasteiger partial charge on any atom is -0.191 e. The van der Waals surface area contributed by atoms with Crippen molar-refractivity contribution in [3.8, 4) is 11.8 Å². The van der Waals surface area contributed by atoms with E-state index in [1.807, 2.05) is 0 Å². The van der Waals surface area contributed by atoms with Crippen LogP contribution >= 0.6 is 27.3 Å². The van der Waals surface area contributed by atoms with Gasteiger partial charge in [0.1, 0.15) is 0 Å². The monoisotopic (exact) mass is 404 g/mol. The molecule has 1 heterocycles. The summed E-state index contributed by atoms with van der Waals surface area (Å²) >= 11 is 3.73. The van der Waals surface area contributed by atoms with Crippen LogP contribution in [0, 0.1) is 11.8 Å². The van der Waals surface area contributed by atoms with Gasteiger partial charge < -0.3 is 0 Å². The molecule has 0 aliphatic heterocycles. The molecule has 0 amide bonds. The van der Waals surface area contributed by atoms with E-state index < -0.39 is 23.9 Å². The van der Waals surface area contributed by atoms with Crippen LogP contribution in [-0.4, -0.2) is 23.9 Å². The minimum absolute atomic E-state index is 0.113. The van der Waals surface area contributed by atoms with Gasteiger partial charge in [-0.2, -0.15) is 39.5 Å². The summed E-state index contributed by atoms with van der Waals surface area (Å²) < 4.78 is 112. The molecule has 0 fully saturated rings. The average Bonchev–Trinajstić information content (AvgIpc) is 2.70. The molecular formula is C10H2BrF9S. The summed E-state index contributed by atoms with van der Waals surface area (Å²) in [6.45, 7) is 0. The van der Waals surface area contributed by atoms with Crippen LogP contribution in [-0.2, 0) is 0 Å². The summed E-state index contributed by atoms with van der Waals surface area (Å²) in [7, 11) is 0. The molecule has 1 aromatic heterocycles. The van der Waals surface area contributed by atoms with E-state index in [0.29, 0.717) is 5.92 Å². The third-order valence-corrected chi connectivity index (χ3v) is 3.82. The van der Waals surface area contributed by atoms with Gasteiger partial charge in [-0.15, -0.1) is 11.3 Å². The van der Waals surface area contributed by atoms with Gasteiger partial charge in [-0.3, -0.25) is 0 Å². The molecule has 0 aliphatic carbocycles. The van der Waals surface area contributed by atoms with Crippen molar-refractivity contribution in [3.63, 3.8) is 0 Å². The molecule has 1 rings (SSSR count). The first kappa shape index (κ1) is 18.2. The summed E-state index contributed by atoms with van der Waals surface area (Å²) in [5.41, 5.74) is -0.245. The molecule has 0 saturated heterocycles. The second-order valence-electron chi connectivity index (χ2n) is 3.60. The Hall–Kier alpha value is -0.890. The smallest absolute Gasteiger partial charge is 0.191 e. The number of hydrogen-bond donors (Lipinski definition) is 0. The molecule has 1 aromatic rings. The van der Waals surface area contributed by atoms with Crippen LogP contribution in [0.3, 0.4) is 0 Å². The van der Waals surface area contributed by atoms with Gasteiger partial charge in [0.2, 0.25) is 0 Å². The minimum atomic E-state index is -6.93. The summed E-state index contributed by atoms with van der Waals surface area (Å²) in [4.78, 5) is 0. The Bertz CT molecular complexity index is 575. The van der Waals surface area contributed by atoms with E-state index in [1.165, 1.54) is 11.3 Å². The molecule has 0 spiro atoms. The van der Waals surface area contributed by atoms with E-state index in [0.717, 1.165) is 16.7 Å². The maximum Gasteiger partial charge on any atom is 0.460 e. The molecule has 0 radical (unpaired) electrons. The predicted molar refractivity (Wildman–Crippen MR) is 59.8 cm³/mol. The first-order valence-corrected chi connectivity index (χ1v) is 6.42. The first-order chi connectivity index (χ1) is 9.24. The van der Waals surface area contributed by atoms with Gasteiger partial charge in [-0.05, 0) is 21.9 Å². The van der Waals surface area contributed by atoms with Crippen LogP contribution in [0.1, 0.15) is 5.56 Å². The Labute approximate surface area is 124 Å². The average molecular weight is 405 g/mol. The van der Waals surface area contributed by atoms with E-state index in [1.54, 1.807) is 0 Å². The van der Waals surface area contributed by atoms with E-state index in [9.17, 15) is 39.5 Å². The van der Waals surface area contributed by atoms with Crippen molar-refractivity contribution in [2.24, 2.45) is 0 Å². The lowest BCUT2D eigenvalue weighted by atomic mass is 10.0. The number of rotatable bonds is 2. The molecule has 0 aromatic carbocycles. The van der Waals surface area contributed by atoms with E-state index in [2.05, 4.69) is 15.9 Å². The molecule has 0 atom stereocenters. The Morgan fingerprint density at radius 2 is 1.38 bits per heavy atom. The topological polar surface area (TPSA) is 0 Å². The molecule has 0 unspecified atom stereocenters. The van der Waals surface area contributed by atoms with Crippen LogP contribution in [0.15, 0.2) is 15.2 Å². The SMILES string of the molecule is FC(F)(F)C(F)(F)C(F)(F)C(F)(F)C#Cc1cscc1Br. The van der Waals surface area contributed by atoms with E-state index in [-0.39, 0.29) is 10.0 Å². The summed E-state index contributed by atoms with van der Waals surface area (Å²) in [6, 6.07) is 0. The van der Waals surface area contributed by atoms with Gasteiger partial charge in [0.25, 0.3) is 0 Å². The highest BCUT2D eigenvalue weighted by Gasteiger charge is 2.81. The van der Waals surface area contributed by atoms with Crippen molar-refractivity contribution in [1.82, 2.24) is 0 Å². The normalized spacial score (nSPS) is 13.8. The Balaban J connectivity index is 3.24. The van der Waals surface area contributed by atoms with Crippen LogP contribution in [0.5, 0.6) is 0 Å². The molecule has 118 valence electrons. The van der Waals surface area contributed by atoms with Crippen LogP contribution in [0.2, 0.25) is 0 Å². The molecule has 0 N–H and O–H groups in total. The zero-order chi connectivity index (χ0) is 16.7. The lowest BCUT2D eigenvalue weighted by molar-refractivity contribution is -0.386. The van der Waals surface area contributed by atoms with Crippen molar-refractivity contribution in [1.29, 1.82) is 0 Å². The summed E-state index contributed by atoms with van der Waals surface area (Å²) in [6.07, 6.45) is -6.84. The van der Waals surface area contributed by atoms with Gasteiger partial charge >= 0.3 is 23.9 Å². The molecule has 0 nitrogen and oxygen atoms in total. The van der Waals surface area contributed by atoms with Crippen LogP contribution in [0.4, 0.5) is 39.5 Å². The molecule has 0 saturated carbocycles. The quantitative estimate of drug-likeness (QED) is 0.461. The number of halogens is 10. The van der Waals surface area contributed by atoms with Crippen molar-refractivity contribution in [2.75, 3.05) is 0 Å². The van der Waals surface area contributed by atoms with Gasteiger partial charge in [-0.25, -0.2) is 0 Å². The van der Waals surface area contributed by atoms with Crippen molar-refractivity contribution >= 4 is 27.3 Å². The predicted octanol–water partition coefficient (Wildman–Crippen LogP) is 5.33. The van der Waals surface area contributed by atoms with Crippen molar-refractivity contribution in [2.45, 2.75) is 23.9 Å². The highest BCUT2D eigenvalue weighted by atomic mass is 79.9. The highest BCUT2D eigenvalue weighted by Crippen LogP contribution is 2.52. The Morgan fingerprint density at radius 3 is 1.76 bits per heavy atom. The van der Waals surface area contributed by atoms with E-state index >= 15 is 0 Å². The third kappa shape index (κ3) is 3.15. The van der Waals surface area contributed by atoms with Gasteiger partial charge in [-0.1, -0.05) is 5.92 Å². The summed E-state index contributed by atoms with van der Waals surface area (Å²) in [5.74, 6) is -17.6. The first-order valence-electron chi connectivity index (χ1n) is 4.69. The summed E-state index contributed by atoms with van der Waals surface area (Å²) in [5, 5.41) is 2.44. The second-order valence-corrected chi connectivity index (χ2v) is 5.20. The molecule has 0 bridgehead atoms. The maximum absolute atomic E-state index is 13.0. The molecule has 0 aliphatic rings. The van der Waals surface area contributed by atoms with Gasteiger partial charge in [0.15, 0.2) is 0 Å². The maximum atomic E-state index is 13.0. The van der Waals surface area contributed by atoms with Gasteiger partial charge in [0.05, 0.1) is 0 Å². The molecule has 11 heteroatoms. The van der Waals surface area contributed by atoms with Crippen LogP contribution < -0.4 is 0 Å². The van der Waals surface area contributed by atoms with Crippen molar-refractivity contribution in [3.05, 3.63) is 20.8 Å². The Morgan fingerprint density at radius 1 is 0.857 bits per heavy atom. The fourth-order valence-electron chi connectivity index (χ4n) is 0.970.